The summed E-state index contributed by atoms with van der Waals surface area (Å²) in [6.45, 7) is 13.8. The fraction of sp³-hybridized carbons (Fsp3) is 0.500. The lowest BCUT2D eigenvalue weighted by atomic mass is 9.43. The summed E-state index contributed by atoms with van der Waals surface area (Å²) < 4.78 is 32.8. The normalized spacial score (nSPS) is 20.8. The topological polar surface area (TPSA) is 294 Å². The number of fused-ring (bicyclic) bond motifs is 1. The molecular formula is C46H59B3Cl3N11O11. The van der Waals surface area contributed by atoms with Gasteiger partial charge in [0.1, 0.15) is 73.7 Å². The number of carboxylic acid groups (broad SMARTS) is 1. The van der Waals surface area contributed by atoms with Crippen LogP contribution < -0.4 is 14.7 Å². The molecule has 5 aromatic rings. The van der Waals surface area contributed by atoms with Gasteiger partial charge in [0.2, 0.25) is 5.91 Å². The number of amides is 1. The minimum Gasteiger partial charge on any atom is -0.535 e. The summed E-state index contributed by atoms with van der Waals surface area (Å²) >= 11 is 14.4. The van der Waals surface area contributed by atoms with Gasteiger partial charge in [-0.15, -0.1) is 0 Å². The summed E-state index contributed by atoms with van der Waals surface area (Å²) in [5, 5.41) is 43.6. The zero-order valence-electron chi connectivity index (χ0n) is 42.2. The first-order valence-corrected chi connectivity index (χ1v) is 24.7. The van der Waals surface area contributed by atoms with Crippen LogP contribution in [0.3, 0.4) is 0 Å². The molecule has 6 atom stereocenters. The van der Waals surface area contributed by atoms with Crippen LogP contribution in [0.4, 0.5) is 0 Å². The first-order chi connectivity index (χ1) is 35.0. The van der Waals surface area contributed by atoms with E-state index in [9.17, 15) is 24.2 Å². The number of carbonyl (C=O) groups excluding carboxylic acids is 3. The number of nitriles is 1. The van der Waals surface area contributed by atoms with E-state index in [1.54, 1.807) is 30.3 Å². The molecule has 1 amide bonds. The number of nitrogens with one attached hydrogen (secondary N) is 2. The van der Waals surface area contributed by atoms with Crippen LogP contribution >= 0.6 is 34.4 Å². The van der Waals surface area contributed by atoms with Gasteiger partial charge in [-0.05, 0) is 93.9 Å². The third-order valence-electron chi connectivity index (χ3n) is 12.9. The molecule has 2 aliphatic heterocycles. The lowest BCUT2D eigenvalue weighted by Crippen LogP contribution is -2.65. The molecule has 0 spiro atoms. The lowest BCUT2D eigenvalue weighted by Gasteiger charge is -2.64. The Hall–Kier alpha value is -6.03. The van der Waals surface area contributed by atoms with Gasteiger partial charge in [0.05, 0.1) is 36.4 Å². The van der Waals surface area contributed by atoms with Crippen LogP contribution in [-0.4, -0.2) is 128 Å². The highest BCUT2D eigenvalue weighted by molar-refractivity contribution is 7.54. The summed E-state index contributed by atoms with van der Waals surface area (Å²) in [7, 11) is -0.356. The molecule has 2 aromatic carbocycles. The molecule has 28 heteroatoms. The van der Waals surface area contributed by atoms with E-state index in [0.29, 0.717) is 41.6 Å². The number of aromatic amines is 1. The number of benzene rings is 2. The second-order valence-corrected chi connectivity index (χ2v) is 21.3. The SMILES string of the molecule is CC#N.COc1c(C[C@H](NC(=O)Cn2cncn2)B2O[C@@H]3C[C@@H]4C[C@@H](C4(C)C)[C@]3(C)O2)cccc1C(=O)OC(C)(C)C.ClB(Cl)Cl.O=C(C[C@H]1Cc2cccc(C(=O)O)c2OB1O)Cn1cncn1.c1nc[nH]n1. The van der Waals surface area contributed by atoms with Crippen molar-refractivity contribution < 1.29 is 52.7 Å². The molecule has 1 saturated heterocycles. The zero-order valence-corrected chi connectivity index (χ0v) is 44.5. The van der Waals surface area contributed by atoms with Crippen LogP contribution in [-0.2, 0) is 49.6 Å². The van der Waals surface area contributed by atoms with Crippen molar-refractivity contribution in [2.75, 3.05) is 7.11 Å². The number of carbonyl (C=O) groups is 4. The van der Waals surface area contributed by atoms with Crippen molar-refractivity contribution in [3.63, 3.8) is 0 Å². The molecule has 3 aliphatic carbocycles. The average Bonchev–Trinajstić information content (AvgIpc) is 4.18. The van der Waals surface area contributed by atoms with Gasteiger partial charge in [0.15, 0.2) is 5.78 Å². The lowest BCUT2D eigenvalue weighted by molar-refractivity contribution is -0.199. The molecule has 22 nitrogen and oxygen atoms in total. The highest BCUT2D eigenvalue weighted by Crippen LogP contribution is 2.65. The number of aromatic carboxylic acids is 1. The number of carboxylic acids is 1. The Balaban J connectivity index is 0.000000242. The smallest absolute Gasteiger partial charge is 0.526 e. The number of ketones is 1. The molecule has 0 unspecified atom stereocenters. The fourth-order valence-corrected chi connectivity index (χ4v) is 9.56. The van der Waals surface area contributed by atoms with Crippen LogP contribution in [0.1, 0.15) is 99.6 Å². The zero-order chi connectivity index (χ0) is 54.4. The maximum atomic E-state index is 13.1. The first-order valence-electron chi connectivity index (χ1n) is 23.4. The van der Waals surface area contributed by atoms with E-state index in [1.165, 1.54) is 67.4 Å². The number of aromatic nitrogens is 9. The van der Waals surface area contributed by atoms with Gasteiger partial charge in [-0.3, -0.25) is 14.7 Å². The Kier molecular flexibility index (Phi) is 21.0. The third kappa shape index (κ3) is 15.8. The van der Waals surface area contributed by atoms with Crippen LogP contribution in [0.2, 0.25) is 5.82 Å². The highest BCUT2D eigenvalue weighted by Gasteiger charge is 2.68. The molecule has 394 valence electrons. The van der Waals surface area contributed by atoms with Crippen molar-refractivity contribution in [2.45, 2.75) is 123 Å². The van der Waals surface area contributed by atoms with Crippen LogP contribution in [0, 0.1) is 28.6 Å². The highest BCUT2D eigenvalue weighted by atomic mass is 35.6. The van der Waals surface area contributed by atoms with Gasteiger partial charge in [-0.25, -0.2) is 33.9 Å². The van der Waals surface area contributed by atoms with Crippen molar-refractivity contribution in [3.05, 3.63) is 96.6 Å². The number of Topliss-reactive ketones (excluding diaryl/α,β-unsaturated/α-hetero) is 1. The molecule has 4 fully saturated rings. The summed E-state index contributed by atoms with van der Waals surface area (Å²) in [5.74, 6) is -1.33. The van der Waals surface area contributed by atoms with E-state index >= 15 is 0 Å². The van der Waals surface area contributed by atoms with Crippen molar-refractivity contribution in [2.24, 2.45) is 17.3 Å². The van der Waals surface area contributed by atoms with Gasteiger partial charge in [-0.2, -0.15) is 54.9 Å². The van der Waals surface area contributed by atoms with Gasteiger partial charge < -0.3 is 38.9 Å². The number of para-hydroxylation sites is 2. The third-order valence-corrected chi connectivity index (χ3v) is 12.9. The molecule has 0 radical (unpaired) electrons. The van der Waals surface area contributed by atoms with E-state index in [0.717, 1.165) is 18.4 Å². The molecule has 10 rings (SSSR count). The second kappa shape index (κ2) is 26.5. The Labute approximate surface area is 444 Å². The largest absolute Gasteiger partial charge is 0.535 e. The quantitative estimate of drug-likeness (QED) is 0.0814. The number of methoxy groups -OCH3 is 1. The summed E-state index contributed by atoms with van der Waals surface area (Å²) in [4.78, 5) is 59.8. The van der Waals surface area contributed by atoms with Crippen LogP contribution in [0.25, 0.3) is 0 Å². The van der Waals surface area contributed by atoms with Crippen molar-refractivity contribution >= 4 is 77.2 Å². The van der Waals surface area contributed by atoms with E-state index < -0.39 is 54.1 Å². The number of ether oxygens (including phenoxy) is 2. The molecule has 5 aliphatic rings. The van der Waals surface area contributed by atoms with Gasteiger partial charge in [-0.1, -0.05) is 38.1 Å². The first kappa shape index (κ1) is 58.9. The van der Waals surface area contributed by atoms with Gasteiger partial charge in [0.25, 0.3) is 0 Å². The van der Waals surface area contributed by atoms with Gasteiger partial charge in [0, 0.05) is 19.2 Å². The molecule has 4 N–H and O–H groups in total. The van der Waals surface area contributed by atoms with E-state index in [2.05, 4.69) is 61.4 Å². The molecule has 2 bridgehead atoms. The number of esters is 1. The van der Waals surface area contributed by atoms with Crippen LogP contribution in [0.15, 0.2) is 74.4 Å². The molecule has 5 heterocycles. The number of H-pyrrole nitrogens is 1. The minimum atomic E-state index is -1.22. The minimum absolute atomic E-state index is 0.00828. The maximum Gasteiger partial charge on any atom is 0.526 e. The van der Waals surface area contributed by atoms with Crippen molar-refractivity contribution in [1.82, 2.24) is 50.0 Å². The van der Waals surface area contributed by atoms with E-state index in [4.69, 9.17) is 68.2 Å². The van der Waals surface area contributed by atoms with E-state index in [-0.39, 0.29) is 54.0 Å². The van der Waals surface area contributed by atoms with Crippen LogP contribution in [0.5, 0.6) is 11.5 Å². The predicted molar refractivity (Wildman–Crippen MR) is 274 cm³/mol. The number of nitrogens with zero attached hydrogens (tertiary/aromatic N) is 9. The standard InChI is InChI=1S/C28H39BN4O6.C14H14BN3O5.C2H3N3.C2H3N.BCl3/c1-26(2,3)37-25(35)19-10-8-9-17(24(19)36-7)11-22(32-23(34)14-33-16-30-15-31-33)29-38-21-13-18-12-20(27(18,4)5)28(21,6)39-29;19-11(6-18-8-16-7-17-18)5-10-4-9-2-1-3-12(14(20)21)13(9)23-15(10)22;1-3-2-5-4-1;1-2-3;2-1(3)4/h8-10,15-16,18,20-22H,11-14H2,1-7H3,(H,32,34);1-3,7-8,10,22H,4-6H2,(H,20,21);1-2H,(H,3,4,5);1H3;/t18-,20-,21+,22-,28-;10-;;;/m01.../s1. The summed E-state index contributed by atoms with van der Waals surface area (Å²) in [6, 6.07) is 11.9. The number of rotatable bonds is 13. The molecule has 3 aromatic heterocycles. The van der Waals surface area contributed by atoms with Crippen molar-refractivity contribution in [1.29, 1.82) is 5.26 Å². The van der Waals surface area contributed by atoms with Gasteiger partial charge >= 0.3 is 31.1 Å². The Morgan fingerprint density at radius 3 is 2.18 bits per heavy atom. The van der Waals surface area contributed by atoms with Crippen molar-refractivity contribution in [3.8, 4) is 17.6 Å². The molecular weight excluding hydrogens is 1020 g/mol. The average molecular weight is 1080 g/mol. The van der Waals surface area contributed by atoms with E-state index in [1.807, 2.05) is 26.8 Å². The fourth-order valence-electron chi connectivity index (χ4n) is 9.56. The Morgan fingerprint density at radius 2 is 1.64 bits per heavy atom. The Morgan fingerprint density at radius 1 is 1.00 bits per heavy atom. The summed E-state index contributed by atoms with van der Waals surface area (Å²) in [5.41, 5.74) is 0.864. The number of hydrogen-bond acceptors (Lipinski definition) is 17. The second-order valence-electron chi connectivity index (χ2n) is 19.3. The molecule has 74 heavy (non-hydrogen) atoms. The summed E-state index contributed by atoms with van der Waals surface area (Å²) in [6.07, 6.45) is 11.5. The Bertz CT molecular complexity index is 2640. The monoisotopic (exact) mass is 1080 g/mol. The molecule has 3 saturated carbocycles. The maximum absolute atomic E-state index is 13.1. The predicted octanol–water partition coefficient (Wildman–Crippen LogP) is 5.68. The number of hydrogen-bond donors (Lipinski definition) is 4. The number of halogens is 3.